The molecule has 9 nitrogen and oxygen atoms in total. The number of nitrogens with one attached hydrogen (secondary N) is 1. The van der Waals surface area contributed by atoms with Gasteiger partial charge in [-0.05, 0) is 56.3 Å². The number of carbonyl (C=O) groups is 1. The van der Waals surface area contributed by atoms with Gasteiger partial charge in [-0.25, -0.2) is 0 Å². The fraction of sp³-hybridized carbons (Fsp3) is 0.609. The van der Waals surface area contributed by atoms with Gasteiger partial charge in [0.25, 0.3) is 5.91 Å². The van der Waals surface area contributed by atoms with Crippen molar-refractivity contribution in [2.75, 3.05) is 27.9 Å². The summed E-state index contributed by atoms with van der Waals surface area (Å²) in [5, 5.41) is 11.2. The fourth-order valence-corrected chi connectivity index (χ4v) is 4.34. The minimum absolute atomic E-state index is 0.125. The van der Waals surface area contributed by atoms with Gasteiger partial charge in [-0.15, -0.1) is 5.10 Å². The SMILES string of the molecule is COc1cc(CN2CCCC[C@@H]2CCn2cc(C(=O)NC3CC3)nn2)cc(OC)c1OC. The topological polar surface area (TPSA) is 90.7 Å². The Morgan fingerprint density at radius 1 is 1.09 bits per heavy atom. The zero-order chi connectivity index (χ0) is 22.5. The molecule has 1 atom stereocenters. The number of aromatic nitrogens is 3. The summed E-state index contributed by atoms with van der Waals surface area (Å²) >= 11 is 0. The number of piperidine rings is 1. The summed E-state index contributed by atoms with van der Waals surface area (Å²) in [5.41, 5.74) is 1.53. The predicted octanol–water partition coefficient (Wildman–Crippen LogP) is 2.64. The summed E-state index contributed by atoms with van der Waals surface area (Å²) in [7, 11) is 4.90. The van der Waals surface area contributed by atoms with Crippen molar-refractivity contribution in [1.82, 2.24) is 25.2 Å². The molecule has 1 aromatic carbocycles. The van der Waals surface area contributed by atoms with E-state index >= 15 is 0 Å². The average molecular weight is 444 g/mol. The van der Waals surface area contributed by atoms with Gasteiger partial charge < -0.3 is 19.5 Å². The smallest absolute Gasteiger partial charge is 0.273 e. The molecule has 174 valence electrons. The normalized spacial score (nSPS) is 18.9. The van der Waals surface area contributed by atoms with Crippen LogP contribution in [0.3, 0.4) is 0 Å². The molecule has 1 aliphatic carbocycles. The van der Waals surface area contributed by atoms with E-state index in [0.29, 0.717) is 35.0 Å². The lowest BCUT2D eigenvalue weighted by atomic mass is 9.98. The number of carbonyl (C=O) groups excluding carboxylic acids is 1. The molecule has 32 heavy (non-hydrogen) atoms. The van der Waals surface area contributed by atoms with E-state index in [9.17, 15) is 4.79 Å². The Morgan fingerprint density at radius 3 is 2.50 bits per heavy atom. The highest BCUT2D eigenvalue weighted by molar-refractivity contribution is 5.92. The molecule has 1 aromatic heterocycles. The average Bonchev–Trinajstić information content (AvgIpc) is 3.50. The van der Waals surface area contributed by atoms with Crippen molar-refractivity contribution in [3.63, 3.8) is 0 Å². The molecule has 0 spiro atoms. The van der Waals surface area contributed by atoms with Crippen LogP contribution in [0.25, 0.3) is 0 Å². The number of nitrogens with zero attached hydrogens (tertiary/aromatic N) is 4. The molecular formula is C23H33N5O4. The van der Waals surface area contributed by atoms with E-state index in [1.165, 1.54) is 12.8 Å². The van der Waals surface area contributed by atoms with Crippen molar-refractivity contribution in [2.45, 2.75) is 63.7 Å². The van der Waals surface area contributed by atoms with Gasteiger partial charge in [0.15, 0.2) is 17.2 Å². The third-order valence-corrected chi connectivity index (χ3v) is 6.23. The van der Waals surface area contributed by atoms with Crippen molar-refractivity contribution in [2.24, 2.45) is 0 Å². The van der Waals surface area contributed by atoms with Gasteiger partial charge in [-0.2, -0.15) is 0 Å². The third-order valence-electron chi connectivity index (χ3n) is 6.23. The molecule has 1 saturated heterocycles. The van der Waals surface area contributed by atoms with Gasteiger partial charge in [-0.1, -0.05) is 11.6 Å². The Morgan fingerprint density at radius 2 is 1.84 bits per heavy atom. The van der Waals surface area contributed by atoms with Crippen LogP contribution in [0.1, 0.15) is 54.6 Å². The summed E-state index contributed by atoms with van der Waals surface area (Å²) in [5.74, 6) is 1.84. The van der Waals surface area contributed by atoms with Crippen LogP contribution < -0.4 is 19.5 Å². The van der Waals surface area contributed by atoms with Crippen molar-refractivity contribution in [3.05, 3.63) is 29.6 Å². The zero-order valence-corrected chi connectivity index (χ0v) is 19.2. The predicted molar refractivity (Wildman–Crippen MR) is 119 cm³/mol. The summed E-state index contributed by atoms with van der Waals surface area (Å²) in [6, 6.07) is 4.80. The molecule has 2 fully saturated rings. The van der Waals surface area contributed by atoms with Crippen molar-refractivity contribution < 1.29 is 19.0 Å². The molecule has 2 aliphatic rings. The van der Waals surface area contributed by atoms with Gasteiger partial charge in [0.05, 0.1) is 27.5 Å². The number of aryl methyl sites for hydroxylation is 1. The van der Waals surface area contributed by atoms with Gasteiger partial charge in [-0.3, -0.25) is 14.4 Å². The number of ether oxygens (including phenoxy) is 3. The maximum Gasteiger partial charge on any atom is 0.273 e. The van der Waals surface area contributed by atoms with E-state index < -0.39 is 0 Å². The molecule has 4 rings (SSSR count). The second-order valence-corrected chi connectivity index (χ2v) is 8.56. The third kappa shape index (κ3) is 5.32. The lowest BCUT2D eigenvalue weighted by molar-refractivity contribution is 0.0946. The summed E-state index contributed by atoms with van der Waals surface area (Å²) in [6.45, 7) is 2.60. The lowest BCUT2D eigenvalue weighted by Gasteiger charge is -2.36. The second-order valence-electron chi connectivity index (χ2n) is 8.56. The van der Waals surface area contributed by atoms with Gasteiger partial charge in [0.1, 0.15) is 0 Å². The number of benzene rings is 1. The molecule has 1 saturated carbocycles. The number of rotatable bonds is 10. The summed E-state index contributed by atoms with van der Waals surface area (Å²) in [4.78, 5) is 14.7. The van der Waals surface area contributed by atoms with E-state index in [0.717, 1.165) is 50.9 Å². The van der Waals surface area contributed by atoms with Crippen molar-refractivity contribution in [3.8, 4) is 17.2 Å². The van der Waals surface area contributed by atoms with Crippen LogP contribution in [-0.4, -0.2) is 65.8 Å². The van der Waals surface area contributed by atoms with Crippen LogP contribution in [0.5, 0.6) is 17.2 Å². The van der Waals surface area contributed by atoms with Crippen LogP contribution in [0.4, 0.5) is 0 Å². The molecule has 2 aromatic rings. The Bertz CT molecular complexity index is 902. The molecule has 1 aliphatic heterocycles. The first-order valence-corrected chi connectivity index (χ1v) is 11.3. The number of amides is 1. The van der Waals surface area contributed by atoms with Crippen LogP contribution in [0, 0.1) is 0 Å². The number of likely N-dealkylation sites (tertiary alicyclic amines) is 1. The zero-order valence-electron chi connectivity index (χ0n) is 19.2. The monoisotopic (exact) mass is 443 g/mol. The first kappa shape index (κ1) is 22.4. The van der Waals surface area contributed by atoms with Crippen LogP contribution >= 0.6 is 0 Å². The summed E-state index contributed by atoms with van der Waals surface area (Å²) in [6.07, 6.45) is 8.39. The van der Waals surface area contributed by atoms with Crippen LogP contribution in [0.15, 0.2) is 18.3 Å². The minimum atomic E-state index is -0.125. The fourth-order valence-electron chi connectivity index (χ4n) is 4.34. The standard InChI is InChI=1S/C23H33N5O4/c1-30-20-12-16(13-21(31-2)22(20)32-3)14-27-10-5-4-6-18(27)9-11-28-15-19(25-26-28)23(29)24-17-7-8-17/h12-13,15,17-18H,4-11,14H2,1-3H3,(H,24,29)/t18-/m1/s1. The minimum Gasteiger partial charge on any atom is -0.493 e. The maximum atomic E-state index is 12.2. The molecule has 0 unspecified atom stereocenters. The molecule has 0 radical (unpaired) electrons. The Balaban J connectivity index is 1.39. The Kier molecular flexibility index (Phi) is 7.14. The highest BCUT2D eigenvalue weighted by Gasteiger charge is 2.26. The van der Waals surface area contributed by atoms with Crippen LogP contribution in [0.2, 0.25) is 0 Å². The lowest BCUT2D eigenvalue weighted by Crippen LogP contribution is -2.39. The second kappa shape index (κ2) is 10.2. The number of hydrogen-bond acceptors (Lipinski definition) is 7. The maximum absolute atomic E-state index is 12.2. The van der Waals surface area contributed by atoms with E-state index in [-0.39, 0.29) is 5.91 Å². The quantitative estimate of drug-likeness (QED) is 0.604. The van der Waals surface area contributed by atoms with E-state index in [1.807, 2.05) is 12.1 Å². The van der Waals surface area contributed by atoms with Crippen molar-refractivity contribution in [1.29, 1.82) is 0 Å². The van der Waals surface area contributed by atoms with E-state index in [2.05, 4.69) is 20.5 Å². The molecule has 1 N–H and O–H groups in total. The summed E-state index contributed by atoms with van der Waals surface area (Å²) < 4.78 is 18.3. The van der Waals surface area contributed by atoms with Gasteiger partial charge >= 0.3 is 0 Å². The van der Waals surface area contributed by atoms with E-state index in [1.54, 1.807) is 32.2 Å². The Hall–Kier alpha value is -2.81. The van der Waals surface area contributed by atoms with Gasteiger partial charge in [0.2, 0.25) is 5.75 Å². The van der Waals surface area contributed by atoms with Gasteiger partial charge in [0, 0.05) is 25.2 Å². The number of hydrogen-bond donors (Lipinski definition) is 1. The molecule has 0 bridgehead atoms. The molecule has 1 amide bonds. The largest absolute Gasteiger partial charge is 0.493 e. The molecule has 9 heteroatoms. The van der Waals surface area contributed by atoms with Crippen LogP contribution in [-0.2, 0) is 13.1 Å². The van der Waals surface area contributed by atoms with E-state index in [4.69, 9.17) is 14.2 Å². The molecular weight excluding hydrogens is 410 g/mol. The highest BCUT2D eigenvalue weighted by Crippen LogP contribution is 2.39. The molecule has 2 heterocycles. The Labute approximate surface area is 189 Å². The first-order chi connectivity index (χ1) is 15.6. The number of methoxy groups -OCH3 is 3. The highest BCUT2D eigenvalue weighted by atomic mass is 16.5. The first-order valence-electron chi connectivity index (χ1n) is 11.3. The van der Waals surface area contributed by atoms with Crippen molar-refractivity contribution >= 4 is 5.91 Å².